The summed E-state index contributed by atoms with van der Waals surface area (Å²) in [5.74, 6) is 2.40. The van der Waals surface area contributed by atoms with Crippen LogP contribution in [0.4, 0.5) is 5.69 Å². The first-order valence-electron chi connectivity index (χ1n) is 15.3. The fourth-order valence-corrected chi connectivity index (χ4v) is 5.04. The van der Waals surface area contributed by atoms with Crippen molar-refractivity contribution in [3.05, 3.63) is 177 Å². The second kappa shape index (κ2) is 17.4. The molecule has 1 aliphatic heterocycles. The van der Waals surface area contributed by atoms with Crippen molar-refractivity contribution in [3.63, 3.8) is 0 Å². The fourth-order valence-electron chi connectivity index (χ4n) is 5.04. The molecule has 0 amide bonds. The van der Waals surface area contributed by atoms with Crippen molar-refractivity contribution >= 4 is 22.5 Å². The van der Waals surface area contributed by atoms with E-state index in [1.807, 2.05) is 132 Å². The summed E-state index contributed by atoms with van der Waals surface area (Å²) in [5.41, 5.74) is 4.04. The van der Waals surface area contributed by atoms with Crippen LogP contribution in [0.3, 0.4) is 0 Å². The minimum atomic E-state index is 0. The molecule has 6 nitrogen and oxygen atoms in total. The summed E-state index contributed by atoms with van der Waals surface area (Å²) < 4.78 is 17.6. The summed E-state index contributed by atoms with van der Waals surface area (Å²) in [6.45, 7) is 0. The molecule has 0 atom stereocenters. The number of nitrogens with zero attached hydrogens (tertiary/aromatic N) is 4. The summed E-state index contributed by atoms with van der Waals surface area (Å²) in [4.78, 5) is 4.55. The van der Waals surface area contributed by atoms with Gasteiger partial charge in [0, 0.05) is 35.4 Å². The third-order valence-corrected chi connectivity index (χ3v) is 7.37. The van der Waals surface area contributed by atoms with E-state index in [0.717, 1.165) is 38.8 Å². The number of aromatic nitrogens is 2. The summed E-state index contributed by atoms with van der Waals surface area (Å²) in [6.07, 6.45) is 15.6. The molecule has 0 aliphatic carbocycles. The third-order valence-electron chi connectivity index (χ3n) is 7.37. The zero-order valence-corrected chi connectivity index (χ0v) is 31.6. The number of ether oxygens (including phenoxy) is 2. The molecule has 0 bridgehead atoms. The van der Waals surface area contributed by atoms with Crippen molar-refractivity contribution in [1.82, 2.24) is 9.55 Å². The van der Waals surface area contributed by atoms with Crippen LogP contribution in [0.25, 0.3) is 33.2 Å². The molecule has 2 aromatic heterocycles. The Bertz CT molecular complexity index is 2420. The van der Waals surface area contributed by atoms with E-state index < -0.39 is 0 Å². The Balaban J connectivity index is 0.000000503. The van der Waals surface area contributed by atoms with Gasteiger partial charge in [0.2, 0.25) is 6.20 Å². The van der Waals surface area contributed by atoms with Gasteiger partial charge in [-0.1, -0.05) is 62.8 Å². The first-order chi connectivity index (χ1) is 24.1. The molecule has 8 rings (SSSR count). The van der Waals surface area contributed by atoms with Crippen molar-refractivity contribution in [2.24, 2.45) is 0 Å². The zero-order chi connectivity index (χ0) is 33.4. The van der Waals surface area contributed by atoms with Crippen LogP contribution in [0, 0.1) is 42.8 Å². The molecule has 5 aromatic carbocycles. The van der Waals surface area contributed by atoms with Gasteiger partial charge in [-0.25, -0.2) is 24.2 Å². The number of benzene rings is 5. The molecular weight excluding hydrogens is 995 g/mol. The smallest absolute Gasteiger partial charge is 0.669 e. The molecule has 0 unspecified atom stereocenters. The van der Waals surface area contributed by atoms with E-state index in [4.69, 9.17) is 15.9 Å². The van der Waals surface area contributed by atoms with E-state index in [2.05, 4.69) is 53.4 Å². The minimum absolute atomic E-state index is 0. The molecular formula is C43H26N4O2Pt2+2. The topological polar surface area (TPSA) is 42.3 Å². The maximum Gasteiger partial charge on any atom is 4.00 e. The van der Waals surface area contributed by atoms with Crippen LogP contribution in [0.15, 0.2) is 140 Å². The van der Waals surface area contributed by atoms with Crippen molar-refractivity contribution < 1.29 is 60.8 Å². The minimum Gasteiger partial charge on any atom is -0.669 e. The summed E-state index contributed by atoms with van der Waals surface area (Å²) in [6, 6.07) is 56.7. The fraction of sp³-hybridized carbons (Fsp3) is 0.0233. The van der Waals surface area contributed by atoms with Gasteiger partial charge in [0.1, 0.15) is 5.69 Å². The molecule has 0 spiro atoms. The van der Waals surface area contributed by atoms with Crippen molar-refractivity contribution in [1.29, 1.82) is 0 Å². The van der Waals surface area contributed by atoms with E-state index in [1.54, 1.807) is 23.2 Å². The molecule has 248 valence electrons. The molecule has 0 N–H and O–H groups in total. The van der Waals surface area contributed by atoms with Crippen molar-refractivity contribution in [2.45, 2.75) is 0 Å². The Kier molecular flexibility index (Phi) is 12.5. The second-order valence-electron chi connectivity index (χ2n) is 10.8. The average molecular weight is 1020 g/mol. The predicted octanol–water partition coefficient (Wildman–Crippen LogP) is 8.98. The molecule has 7 aromatic rings. The van der Waals surface area contributed by atoms with Gasteiger partial charge >= 0.3 is 48.1 Å². The number of fused-ring (bicyclic) bond motifs is 1. The normalized spacial score (nSPS) is 11.1. The molecule has 0 radical (unpaired) electrons. The summed E-state index contributed by atoms with van der Waals surface area (Å²) >= 11 is 0. The van der Waals surface area contributed by atoms with Gasteiger partial charge in [-0.05, 0) is 12.1 Å². The maximum atomic E-state index is 6.57. The molecule has 0 saturated heterocycles. The first kappa shape index (κ1) is 36.7. The van der Waals surface area contributed by atoms with E-state index in [-0.39, 0.29) is 42.1 Å². The van der Waals surface area contributed by atoms with E-state index in [0.29, 0.717) is 23.0 Å². The van der Waals surface area contributed by atoms with Gasteiger partial charge < -0.3 is 25.4 Å². The number of hydrogen-bond donors (Lipinski definition) is 0. The Labute approximate surface area is 326 Å². The Morgan fingerprint density at radius 1 is 0.745 bits per heavy atom. The van der Waals surface area contributed by atoms with Gasteiger partial charge in [0.15, 0.2) is 7.05 Å². The van der Waals surface area contributed by atoms with Crippen LogP contribution in [0.5, 0.6) is 23.0 Å². The SMILES string of the molecule is C[N+]1=C=[N+](c2[c-]c(Oc3[c-]c(-c4cc(-c5[c-]c(Oc6[c-]ccc7ccccc67)ccc5)[c-]cn4)ccc3)ccc2)C=C1.[C-]#Cn1cccc1.[Pt+2].[Pt+4]. The van der Waals surface area contributed by atoms with Crippen molar-refractivity contribution in [3.8, 4) is 51.4 Å². The van der Waals surface area contributed by atoms with E-state index in [9.17, 15) is 0 Å². The monoisotopic (exact) mass is 1020 g/mol. The number of rotatable bonds is 7. The Hall–Kier alpha value is -5.55. The quantitative estimate of drug-likeness (QED) is 0.0911. The number of pyridine rings is 1. The van der Waals surface area contributed by atoms with Gasteiger partial charge in [0.25, 0.3) is 6.20 Å². The predicted molar refractivity (Wildman–Crippen MR) is 187 cm³/mol. The molecule has 51 heavy (non-hydrogen) atoms. The van der Waals surface area contributed by atoms with Crippen LogP contribution in [-0.2, 0) is 42.1 Å². The Morgan fingerprint density at radius 3 is 2.20 bits per heavy atom. The summed E-state index contributed by atoms with van der Waals surface area (Å²) in [5, 5.41) is 2.09. The zero-order valence-electron chi connectivity index (χ0n) is 27.0. The second-order valence-corrected chi connectivity index (χ2v) is 10.8. The van der Waals surface area contributed by atoms with Crippen LogP contribution in [0.1, 0.15) is 0 Å². The van der Waals surface area contributed by atoms with Gasteiger partial charge in [-0.15, -0.1) is 53.4 Å². The maximum absolute atomic E-state index is 6.57. The standard InChI is InChI=1S/C37H22N3O2.C6H4N.2Pt/c1-39-20-21-40(26-39)31-12-7-15-34(25-31)41-32-13-5-11-30(23-32)36-24-29(18-19-38-36)28-10-4-14-33(22-28)42-37-17-6-9-27-8-2-3-16-35(27)37;1-2-7-5-3-4-6-7;;/h2-16,19-21,24H,1H3;3-6H;;/q-3;-1;+2;+4. The van der Waals surface area contributed by atoms with Crippen LogP contribution < -0.4 is 9.47 Å². The van der Waals surface area contributed by atoms with E-state index >= 15 is 0 Å². The molecule has 0 saturated carbocycles. The van der Waals surface area contributed by atoms with Gasteiger partial charge in [-0.3, -0.25) is 11.1 Å². The first-order valence-corrected chi connectivity index (χ1v) is 15.3. The largest absolute Gasteiger partial charge is 4.00 e. The van der Waals surface area contributed by atoms with Gasteiger partial charge in [-0.2, -0.15) is 30.3 Å². The molecule has 3 heterocycles. The third kappa shape index (κ3) is 9.17. The number of hydrogen-bond acceptors (Lipinski definition) is 3. The van der Waals surface area contributed by atoms with Gasteiger partial charge in [0.05, 0.1) is 0 Å². The van der Waals surface area contributed by atoms with Crippen LogP contribution in [-0.4, -0.2) is 31.8 Å². The molecule has 1 aliphatic rings. The van der Waals surface area contributed by atoms with Crippen LogP contribution >= 0.6 is 0 Å². The molecule has 8 heteroatoms. The van der Waals surface area contributed by atoms with Crippen molar-refractivity contribution in [2.75, 3.05) is 7.05 Å². The average Bonchev–Trinajstić information content (AvgIpc) is 3.85. The summed E-state index contributed by atoms with van der Waals surface area (Å²) in [7, 11) is 1.92. The van der Waals surface area contributed by atoms with E-state index in [1.165, 1.54) is 0 Å². The Morgan fingerprint density at radius 2 is 1.45 bits per heavy atom. The van der Waals surface area contributed by atoms with Crippen LogP contribution in [0.2, 0.25) is 0 Å². The molecule has 0 fully saturated rings.